The van der Waals surface area contributed by atoms with E-state index in [0.29, 0.717) is 0 Å². The summed E-state index contributed by atoms with van der Waals surface area (Å²) in [6.07, 6.45) is -15.2. The molecule has 4 rings (SSSR count). The highest BCUT2D eigenvalue weighted by atomic mass is 16.7. The van der Waals surface area contributed by atoms with Crippen molar-refractivity contribution in [1.29, 1.82) is 0 Å². The van der Waals surface area contributed by atoms with E-state index >= 15 is 0 Å². The van der Waals surface area contributed by atoms with Crippen LogP contribution in [0.1, 0.15) is 13.8 Å². The number of nitrogens with one attached hydrogen (secondary N) is 2. The van der Waals surface area contributed by atoms with E-state index in [1.165, 1.54) is 6.92 Å². The smallest absolute Gasteiger partial charge is 0.287 e. The molecule has 3 fully saturated rings. The van der Waals surface area contributed by atoms with Crippen LogP contribution in [0.2, 0.25) is 0 Å². The monoisotopic (exact) mass is 622 g/mol. The molecule has 18 nitrogen and oxygen atoms in total. The first kappa shape index (κ1) is 33.7. The van der Waals surface area contributed by atoms with E-state index in [4.69, 9.17) is 23.7 Å². The van der Waals surface area contributed by atoms with Gasteiger partial charge in [0.05, 0.1) is 31.8 Å². The van der Waals surface area contributed by atoms with Crippen molar-refractivity contribution in [3.8, 4) is 0 Å². The number of aliphatic imine (C=N–C) groups is 1. The average Bonchev–Trinajstić information content (AvgIpc) is 3.48. The number of carbonyl (C=O) groups excluding carboxylic acids is 2. The Bertz CT molecular complexity index is 1020. The molecular weight excluding hydrogens is 580 g/mol. The van der Waals surface area contributed by atoms with E-state index in [1.54, 1.807) is 19.0 Å². The molecule has 9 N–H and O–H groups in total. The van der Waals surface area contributed by atoms with Gasteiger partial charge in [-0.15, -0.1) is 0 Å². The van der Waals surface area contributed by atoms with Crippen LogP contribution in [0.3, 0.4) is 0 Å². The van der Waals surface area contributed by atoms with Gasteiger partial charge < -0.3 is 75.0 Å². The van der Waals surface area contributed by atoms with Crippen molar-refractivity contribution in [2.75, 3.05) is 33.9 Å². The molecular formula is C25H42N4O14. The normalized spacial score (nSPS) is 44.3. The van der Waals surface area contributed by atoms with Gasteiger partial charge in [-0.2, -0.15) is 0 Å². The maximum absolute atomic E-state index is 12.2. The second-order valence-electron chi connectivity index (χ2n) is 11.3. The largest absolute Gasteiger partial charge is 0.459 e. The van der Waals surface area contributed by atoms with Gasteiger partial charge in [0.2, 0.25) is 11.8 Å². The Morgan fingerprint density at radius 3 is 1.84 bits per heavy atom. The maximum Gasteiger partial charge on any atom is 0.287 e. The molecule has 3 heterocycles. The van der Waals surface area contributed by atoms with Gasteiger partial charge in [0.15, 0.2) is 12.6 Å². The summed E-state index contributed by atoms with van der Waals surface area (Å²) >= 11 is 0. The predicted octanol–water partition coefficient (Wildman–Crippen LogP) is -6.05. The molecule has 4 aliphatic rings. The van der Waals surface area contributed by atoms with Gasteiger partial charge in [-0.05, 0) is 0 Å². The van der Waals surface area contributed by atoms with E-state index < -0.39 is 123 Å². The SMILES string of the molecule is CC(=O)N[C@H]1[C@H](O[C@H]2[C@@H](O)[C@@H](NC(C)=O)[C@H](O[C@H]3[C@H](O)[C@@H](CO)[C@@H]4OC(N(C)C)=N[C@H]34)O[C@@H]2CO)O[C@H](CO)[C@@H](O)[C@H]1O. The first-order chi connectivity index (χ1) is 20.3. The highest BCUT2D eigenvalue weighted by Gasteiger charge is 2.58. The topological polar surface area (TPSA) is 262 Å². The van der Waals surface area contributed by atoms with Crippen molar-refractivity contribution in [1.82, 2.24) is 15.5 Å². The van der Waals surface area contributed by atoms with E-state index in [-0.39, 0.29) is 6.02 Å². The number of rotatable bonds is 9. The molecule has 0 aromatic heterocycles. The van der Waals surface area contributed by atoms with E-state index in [9.17, 15) is 45.3 Å². The molecule has 0 aromatic carbocycles. The minimum atomic E-state index is -1.67. The van der Waals surface area contributed by atoms with Crippen LogP contribution in [-0.4, -0.2) is 178 Å². The number of nitrogens with zero attached hydrogens (tertiary/aromatic N) is 2. The molecule has 3 aliphatic heterocycles. The number of fused-ring (bicyclic) bond motifs is 1. The number of carbonyl (C=O) groups is 2. The number of amidine groups is 1. The lowest BCUT2D eigenvalue weighted by Gasteiger charge is -2.48. The van der Waals surface area contributed by atoms with Crippen molar-refractivity contribution in [3.05, 3.63) is 0 Å². The molecule has 246 valence electrons. The molecule has 0 spiro atoms. The lowest BCUT2D eigenvalue weighted by molar-refractivity contribution is -0.338. The number of hydrogen-bond acceptors (Lipinski definition) is 16. The van der Waals surface area contributed by atoms with Gasteiger partial charge in [-0.3, -0.25) is 9.59 Å². The highest BCUT2D eigenvalue weighted by molar-refractivity contribution is 5.76. The first-order valence-electron chi connectivity index (χ1n) is 14.0. The molecule has 0 bridgehead atoms. The molecule has 15 atom stereocenters. The van der Waals surface area contributed by atoms with Crippen LogP contribution in [0, 0.1) is 5.92 Å². The fraction of sp³-hybridized carbons (Fsp3) is 0.880. The third-order valence-corrected chi connectivity index (χ3v) is 8.02. The quantitative estimate of drug-likeness (QED) is 0.116. The number of hydrogen-bond donors (Lipinski definition) is 9. The summed E-state index contributed by atoms with van der Waals surface area (Å²) in [5.41, 5.74) is 0. The lowest BCUT2D eigenvalue weighted by Crippen LogP contribution is -2.69. The van der Waals surface area contributed by atoms with Gasteiger partial charge in [-0.25, -0.2) is 4.99 Å². The van der Waals surface area contributed by atoms with Gasteiger partial charge in [0.1, 0.15) is 67.0 Å². The Kier molecular flexibility index (Phi) is 10.8. The fourth-order valence-electron chi connectivity index (χ4n) is 5.89. The third kappa shape index (κ3) is 6.74. The van der Waals surface area contributed by atoms with Crippen LogP contribution in [0.25, 0.3) is 0 Å². The van der Waals surface area contributed by atoms with Gasteiger partial charge in [-0.1, -0.05) is 0 Å². The van der Waals surface area contributed by atoms with Crippen LogP contribution in [-0.2, 0) is 33.3 Å². The molecule has 2 saturated heterocycles. The van der Waals surface area contributed by atoms with E-state index in [2.05, 4.69) is 15.6 Å². The Balaban J connectivity index is 1.59. The molecule has 0 aromatic rings. The minimum absolute atomic E-state index is 0.258. The molecule has 1 saturated carbocycles. The molecule has 1 aliphatic carbocycles. The summed E-state index contributed by atoms with van der Waals surface area (Å²) in [5.74, 6) is -1.98. The third-order valence-electron chi connectivity index (χ3n) is 8.02. The van der Waals surface area contributed by atoms with Gasteiger partial charge >= 0.3 is 0 Å². The summed E-state index contributed by atoms with van der Waals surface area (Å²) in [5, 5.41) is 78.1. The number of ether oxygens (including phenoxy) is 5. The standard InChI is InChI=1S/C25H42N4O14/c1-8(33)26-13-18(37)17(36)11(6-31)39-23(13)41-21-12(7-32)40-24(14(19(21)38)27-9(2)34)42-22-15-20(10(5-30)16(22)35)43-25(28-15)29(3)4/h10-24,30-32,35-38H,5-7H2,1-4H3,(H,26,33)(H,27,34)/t10-,11-,12-,13-,14-,15+,16-,17-,18+,19+,20+,21-,22-,23+,24+/m1/s1. The maximum atomic E-state index is 12.2. The summed E-state index contributed by atoms with van der Waals surface area (Å²) in [6, 6.07) is -3.23. The molecule has 0 unspecified atom stereocenters. The van der Waals surface area contributed by atoms with Gasteiger partial charge in [0.25, 0.3) is 6.02 Å². The zero-order chi connectivity index (χ0) is 31.7. The van der Waals surface area contributed by atoms with E-state index in [0.717, 1.165) is 6.92 Å². The molecule has 18 heteroatoms. The Labute approximate surface area is 247 Å². The summed E-state index contributed by atoms with van der Waals surface area (Å²) in [6.45, 7) is 0.431. The van der Waals surface area contributed by atoms with Crippen molar-refractivity contribution >= 4 is 17.8 Å². The highest BCUT2D eigenvalue weighted by Crippen LogP contribution is 2.39. The van der Waals surface area contributed by atoms with Crippen LogP contribution in [0.4, 0.5) is 0 Å². The zero-order valence-corrected chi connectivity index (χ0v) is 24.2. The number of aliphatic hydroxyl groups excluding tert-OH is 7. The summed E-state index contributed by atoms with van der Waals surface area (Å²) in [7, 11) is 3.41. The van der Waals surface area contributed by atoms with Crippen molar-refractivity contribution in [3.63, 3.8) is 0 Å². The second-order valence-corrected chi connectivity index (χ2v) is 11.3. The molecule has 2 amide bonds. The lowest BCUT2D eigenvalue weighted by atomic mass is 9.94. The predicted molar refractivity (Wildman–Crippen MR) is 141 cm³/mol. The second kappa shape index (κ2) is 13.8. The number of aliphatic hydroxyl groups is 7. The van der Waals surface area contributed by atoms with Crippen LogP contribution < -0.4 is 10.6 Å². The average molecular weight is 623 g/mol. The Morgan fingerprint density at radius 2 is 1.33 bits per heavy atom. The minimum Gasteiger partial charge on any atom is -0.459 e. The number of amides is 2. The molecule has 0 radical (unpaired) electrons. The Hall–Kier alpha value is -2.23. The van der Waals surface area contributed by atoms with E-state index in [1.807, 2.05) is 0 Å². The van der Waals surface area contributed by atoms with Crippen LogP contribution >= 0.6 is 0 Å². The van der Waals surface area contributed by atoms with Crippen LogP contribution in [0.15, 0.2) is 4.99 Å². The zero-order valence-electron chi connectivity index (χ0n) is 24.2. The van der Waals surface area contributed by atoms with Crippen molar-refractivity contribution in [2.45, 2.75) is 99.5 Å². The molecule has 43 heavy (non-hydrogen) atoms. The van der Waals surface area contributed by atoms with Gasteiger partial charge in [0, 0.05) is 27.9 Å². The van der Waals surface area contributed by atoms with Crippen LogP contribution in [0.5, 0.6) is 0 Å². The first-order valence-corrected chi connectivity index (χ1v) is 14.0. The summed E-state index contributed by atoms with van der Waals surface area (Å²) < 4.78 is 29.4. The van der Waals surface area contributed by atoms with Crippen molar-refractivity contribution < 1.29 is 69.0 Å². The summed E-state index contributed by atoms with van der Waals surface area (Å²) in [4.78, 5) is 30.1. The fourth-order valence-corrected chi connectivity index (χ4v) is 5.89. The van der Waals surface area contributed by atoms with Crippen molar-refractivity contribution in [2.24, 2.45) is 10.9 Å². The Morgan fingerprint density at radius 1 is 0.791 bits per heavy atom.